The molecule has 0 aliphatic rings. The van der Waals surface area contributed by atoms with Crippen LogP contribution in [-0.4, -0.2) is 33.9 Å². The summed E-state index contributed by atoms with van der Waals surface area (Å²) < 4.78 is 7.15. The van der Waals surface area contributed by atoms with Crippen molar-refractivity contribution < 1.29 is 14.6 Å². The predicted molar refractivity (Wildman–Crippen MR) is 87.0 cm³/mol. The van der Waals surface area contributed by atoms with Crippen molar-refractivity contribution in [1.82, 2.24) is 15.1 Å². The summed E-state index contributed by atoms with van der Waals surface area (Å²) >= 11 is 0. The Morgan fingerprint density at radius 2 is 2.13 bits per heavy atom. The number of carbonyl (C=O) groups is 1. The van der Waals surface area contributed by atoms with E-state index in [4.69, 9.17) is 4.74 Å². The van der Waals surface area contributed by atoms with Crippen LogP contribution in [0.2, 0.25) is 0 Å². The highest BCUT2D eigenvalue weighted by Crippen LogP contribution is 2.18. The molecule has 1 unspecified atom stereocenters. The number of aromatic nitrogens is 2. The lowest BCUT2D eigenvalue weighted by Gasteiger charge is -2.22. The zero-order valence-electron chi connectivity index (χ0n) is 13.5. The average Bonchev–Trinajstić information content (AvgIpc) is 2.98. The third-order valence-electron chi connectivity index (χ3n) is 3.52. The van der Waals surface area contributed by atoms with Crippen LogP contribution in [0, 0.1) is 0 Å². The molecule has 0 bridgehead atoms. The Labute approximate surface area is 136 Å². The number of aryl methyl sites for hydroxylation is 1. The van der Waals surface area contributed by atoms with Gasteiger partial charge in [0.15, 0.2) is 0 Å². The van der Waals surface area contributed by atoms with Crippen molar-refractivity contribution in [2.24, 2.45) is 7.05 Å². The number of benzene rings is 1. The maximum Gasteiger partial charge on any atom is 0.220 e. The molecule has 2 N–H and O–H groups in total. The fourth-order valence-corrected chi connectivity index (χ4v) is 2.10. The second-order valence-corrected chi connectivity index (χ2v) is 5.72. The Bertz CT molecular complexity index is 623. The van der Waals surface area contributed by atoms with Gasteiger partial charge in [-0.2, -0.15) is 5.10 Å². The standard InChI is InChI=1S/C17H23N3O3/c1-17(22,14-11-19-20(2)12-14)13-18-16(21)9-6-10-23-15-7-4-3-5-8-15/h3-5,7-8,11-12,22H,6,9-10,13H2,1-2H3,(H,18,21). The molecule has 0 aliphatic heterocycles. The van der Waals surface area contributed by atoms with Gasteiger partial charge < -0.3 is 15.2 Å². The van der Waals surface area contributed by atoms with E-state index in [2.05, 4.69) is 10.4 Å². The number of rotatable bonds is 8. The Balaban J connectivity index is 1.67. The lowest BCUT2D eigenvalue weighted by molar-refractivity contribution is -0.122. The zero-order chi connectivity index (χ0) is 16.7. The van der Waals surface area contributed by atoms with E-state index in [9.17, 15) is 9.90 Å². The molecule has 1 amide bonds. The summed E-state index contributed by atoms with van der Waals surface area (Å²) in [6.07, 6.45) is 4.31. The number of nitrogens with one attached hydrogen (secondary N) is 1. The molecule has 0 saturated heterocycles. The minimum atomic E-state index is -1.13. The monoisotopic (exact) mass is 317 g/mol. The van der Waals surface area contributed by atoms with Crippen molar-refractivity contribution >= 4 is 5.91 Å². The number of hydrogen-bond acceptors (Lipinski definition) is 4. The van der Waals surface area contributed by atoms with E-state index in [1.807, 2.05) is 30.3 Å². The highest BCUT2D eigenvalue weighted by molar-refractivity contribution is 5.75. The molecule has 1 aromatic heterocycles. The van der Waals surface area contributed by atoms with Gasteiger partial charge in [-0.25, -0.2) is 0 Å². The second-order valence-electron chi connectivity index (χ2n) is 5.72. The van der Waals surface area contributed by atoms with Gasteiger partial charge in [-0.05, 0) is 25.5 Å². The number of ether oxygens (including phenoxy) is 1. The van der Waals surface area contributed by atoms with E-state index in [1.165, 1.54) is 0 Å². The number of carbonyl (C=O) groups excluding carboxylic acids is 1. The summed E-state index contributed by atoms with van der Waals surface area (Å²) in [4.78, 5) is 11.8. The maximum atomic E-state index is 11.8. The summed E-state index contributed by atoms with van der Waals surface area (Å²) in [7, 11) is 1.78. The van der Waals surface area contributed by atoms with Gasteiger partial charge in [0.1, 0.15) is 11.4 Å². The lowest BCUT2D eigenvalue weighted by atomic mass is 10.00. The van der Waals surface area contributed by atoms with Crippen LogP contribution in [0.3, 0.4) is 0 Å². The number of hydrogen-bond donors (Lipinski definition) is 2. The first-order chi connectivity index (χ1) is 11.0. The molecule has 0 spiro atoms. The molecular weight excluding hydrogens is 294 g/mol. The Morgan fingerprint density at radius 3 is 2.78 bits per heavy atom. The van der Waals surface area contributed by atoms with Crippen molar-refractivity contribution in [3.63, 3.8) is 0 Å². The molecule has 6 heteroatoms. The summed E-state index contributed by atoms with van der Waals surface area (Å²) in [5.74, 6) is 0.693. The third-order valence-corrected chi connectivity index (χ3v) is 3.52. The minimum absolute atomic E-state index is 0.106. The van der Waals surface area contributed by atoms with Gasteiger partial charge >= 0.3 is 0 Å². The van der Waals surface area contributed by atoms with Gasteiger partial charge in [0.05, 0.1) is 19.3 Å². The molecule has 0 radical (unpaired) electrons. The van der Waals surface area contributed by atoms with Crippen LogP contribution in [-0.2, 0) is 17.4 Å². The number of amides is 1. The van der Waals surface area contributed by atoms with E-state index in [-0.39, 0.29) is 12.5 Å². The number of aliphatic hydroxyl groups is 1. The smallest absolute Gasteiger partial charge is 0.220 e. The lowest BCUT2D eigenvalue weighted by Crippen LogP contribution is -2.38. The quantitative estimate of drug-likeness (QED) is 0.725. The van der Waals surface area contributed by atoms with Gasteiger partial charge in [0, 0.05) is 25.2 Å². The van der Waals surface area contributed by atoms with Crippen LogP contribution in [0.25, 0.3) is 0 Å². The molecular formula is C17H23N3O3. The third kappa shape index (κ3) is 5.41. The van der Waals surface area contributed by atoms with Crippen molar-refractivity contribution in [2.75, 3.05) is 13.2 Å². The van der Waals surface area contributed by atoms with E-state index >= 15 is 0 Å². The molecule has 6 nitrogen and oxygen atoms in total. The molecule has 0 aliphatic carbocycles. The molecule has 124 valence electrons. The average molecular weight is 317 g/mol. The van der Waals surface area contributed by atoms with Crippen molar-refractivity contribution in [2.45, 2.75) is 25.4 Å². The normalized spacial score (nSPS) is 13.3. The van der Waals surface area contributed by atoms with Gasteiger partial charge in [-0.3, -0.25) is 9.48 Å². The van der Waals surface area contributed by atoms with Gasteiger partial charge in [0.2, 0.25) is 5.91 Å². The Morgan fingerprint density at radius 1 is 1.39 bits per heavy atom. The molecule has 0 saturated carbocycles. The number of para-hydroxylation sites is 1. The molecule has 0 fully saturated rings. The van der Waals surface area contributed by atoms with Crippen LogP contribution >= 0.6 is 0 Å². The Kier molecular flexibility index (Phi) is 5.76. The molecule has 1 atom stereocenters. The van der Waals surface area contributed by atoms with Gasteiger partial charge in [-0.1, -0.05) is 18.2 Å². The van der Waals surface area contributed by atoms with Gasteiger partial charge in [0.25, 0.3) is 0 Å². The first-order valence-corrected chi connectivity index (χ1v) is 7.63. The maximum absolute atomic E-state index is 11.8. The van der Waals surface area contributed by atoms with E-state index in [1.54, 1.807) is 31.0 Å². The largest absolute Gasteiger partial charge is 0.494 e. The van der Waals surface area contributed by atoms with Crippen molar-refractivity contribution in [3.8, 4) is 5.75 Å². The van der Waals surface area contributed by atoms with Crippen molar-refractivity contribution in [1.29, 1.82) is 0 Å². The summed E-state index contributed by atoms with van der Waals surface area (Å²) in [5.41, 5.74) is -0.461. The van der Waals surface area contributed by atoms with Crippen LogP contribution in [0.15, 0.2) is 42.7 Å². The van der Waals surface area contributed by atoms with E-state index in [0.717, 1.165) is 5.75 Å². The van der Waals surface area contributed by atoms with Gasteiger partial charge in [-0.15, -0.1) is 0 Å². The minimum Gasteiger partial charge on any atom is -0.494 e. The number of nitrogens with zero attached hydrogens (tertiary/aromatic N) is 2. The molecule has 1 aromatic carbocycles. The Hall–Kier alpha value is -2.34. The summed E-state index contributed by atoms with van der Waals surface area (Å²) in [6.45, 7) is 2.29. The SMILES string of the molecule is Cn1cc(C(C)(O)CNC(=O)CCCOc2ccccc2)cn1. The molecule has 1 heterocycles. The molecule has 2 rings (SSSR count). The highest BCUT2D eigenvalue weighted by atomic mass is 16.5. The topological polar surface area (TPSA) is 76.4 Å². The fraction of sp³-hybridized carbons (Fsp3) is 0.412. The molecule has 23 heavy (non-hydrogen) atoms. The highest BCUT2D eigenvalue weighted by Gasteiger charge is 2.25. The zero-order valence-corrected chi connectivity index (χ0v) is 13.5. The van der Waals surface area contributed by atoms with Crippen molar-refractivity contribution in [3.05, 3.63) is 48.3 Å². The van der Waals surface area contributed by atoms with E-state index in [0.29, 0.717) is 25.0 Å². The first-order valence-electron chi connectivity index (χ1n) is 7.63. The van der Waals surface area contributed by atoms with Crippen LogP contribution in [0.1, 0.15) is 25.3 Å². The molecule has 2 aromatic rings. The second kappa shape index (κ2) is 7.78. The van der Waals surface area contributed by atoms with Crippen LogP contribution in [0.5, 0.6) is 5.75 Å². The first kappa shape index (κ1) is 17.0. The predicted octanol–water partition coefficient (Wildman–Crippen LogP) is 1.60. The van der Waals surface area contributed by atoms with E-state index < -0.39 is 5.60 Å². The summed E-state index contributed by atoms with van der Waals surface area (Å²) in [5, 5.41) is 17.2. The van der Waals surface area contributed by atoms with Crippen LogP contribution < -0.4 is 10.1 Å². The summed E-state index contributed by atoms with van der Waals surface area (Å²) in [6, 6.07) is 9.50. The fourth-order valence-electron chi connectivity index (χ4n) is 2.10. The van der Waals surface area contributed by atoms with Crippen LogP contribution in [0.4, 0.5) is 0 Å².